The van der Waals surface area contributed by atoms with Crippen molar-refractivity contribution in [1.29, 1.82) is 0 Å². The SMILES string of the molecule is Fc1ccc(OB(c2cccc(Cl)c2)c2cccc(Cl)c2)c2ncccc12. The molecular formula is C21H13BCl2FNO. The number of benzene rings is 3. The zero-order chi connectivity index (χ0) is 18.8. The molecule has 0 fully saturated rings. The van der Waals surface area contributed by atoms with Gasteiger partial charge in [0.2, 0.25) is 0 Å². The average Bonchev–Trinajstić information content (AvgIpc) is 2.68. The average molecular weight is 396 g/mol. The molecule has 0 atom stereocenters. The molecule has 0 saturated carbocycles. The maximum absolute atomic E-state index is 14.1. The van der Waals surface area contributed by atoms with Gasteiger partial charge >= 0.3 is 6.92 Å². The molecule has 0 amide bonds. The fourth-order valence-electron chi connectivity index (χ4n) is 3.00. The van der Waals surface area contributed by atoms with Crippen LogP contribution in [-0.4, -0.2) is 11.9 Å². The molecular weight excluding hydrogens is 383 g/mol. The first kappa shape index (κ1) is 17.8. The minimum Gasteiger partial charge on any atom is -0.550 e. The maximum Gasteiger partial charge on any atom is 0.426 e. The van der Waals surface area contributed by atoms with Crippen LogP contribution >= 0.6 is 23.2 Å². The number of aromatic nitrogens is 1. The third kappa shape index (κ3) is 3.77. The van der Waals surface area contributed by atoms with Crippen LogP contribution in [0, 0.1) is 5.82 Å². The van der Waals surface area contributed by atoms with E-state index < -0.39 is 6.92 Å². The van der Waals surface area contributed by atoms with E-state index >= 15 is 0 Å². The Balaban J connectivity index is 1.84. The Labute approximate surface area is 166 Å². The molecule has 0 aliphatic rings. The molecule has 6 heteroatoms. The van der Waals surface area contributed by atoms with Gasteiger partial charge in [0.15, 0.2) is 0 Å². The number of hydrogen-bond donors (Lipinski definition) is 0. The highest BCUT2D eigenvalue weighted by Crippen LogP contribution is 2.26. The van der Waals surface area contributed by atoms with Gasteiger partial charge in [-0.1, -0.05) is 47.5 Å². The lowest BCUT2D eigenvalue weighted by Crippen LogP contribution is -2.47. The predicted molar refractivity (Wildman–Crippen MR) is 110 cm³/mol. The highest BCUT2D eigenvalue weighted by molar-refractivity contribution is 6.80. The summed E-state index contributed by atoms with van der Waals surface area (Å²) in [5.74, 6) is 0.143. The topological polar surface area (TPSA) is 22.1 Å². The smallest absolute Gasteiger partial charge is 0.426 e. The summed E-state index contributed by atoms with van der Waals surface area (Å²) >= 11 is 12.4. The van der Waals surface area contributed by atoms with Crippen LogP contribution in [0.1, 0.15) is 0 Å². The van der Waals surface area contributed by atoms with Crippen molar-refractivity contribution in [1.82, 2.24) is 4.98 Å². The molecule has 132 valence electrons. The van der Waals surface area contributed by atoms with Gasteiger partial charge in [-0.2, -0.15) is 0 Å². The van der Waals surface area contributed by atoms with E-state index in [2.05, 4.69) is 4.98 Å². The van der Waals surface area contributed by atoms with Crippen molar-refractivity contribution >= 4 is 51.9 Å². The van der Waals surface area contributed by atoms with Crippen LogP contribution in [0.2, 0.25) is 10.0 Å². The lowest BCUT2D eigenvalue weighted by molar-refractivity contribution is 0.591. The van der Waals surface area contributed by atoms with Gasteiger partial charge in [-0.05, 0) is 59.5 Å². The van der Waals surface area contributed by atoms with Gasteiger partial charge < -0.3 is 4.65 Å². The molecule has 3 aromatic carbocycles. The van der Waals surface area contributed by atoms with Crippen molar-refractivity contribution in [2.75, 3.05) is 0 Å². The molecule has 0 radical (unpaired) electrons. The monoisotopic (exact) mass is 395 g/mol. The second-order valence-electron chi connectivity index (χ2n) is 6.05. The minimum absolute atomic E-state index is 0.340. The van der Waals surface area contributed by atoms with Crippen LogP contribution in [0.4, 0.5) is 4.39 Å². The summed E-state index contributed by atoms with van der Waals surface area (Å²) < 4.78 is 20.4. The van der Waals surface area contributed by atoms with Crippen molar-refractivity contribution in [3.05, 3.63) is 94.9 Å². The highest BCUT2D eigenvalue weighted by atomic mass is 35.5. The van der Waals surface area contributed by atoms with Crippen LogP contribution in [0.3, 0.4) is 0 Å². The fraction of sp³-hybridized carbons (Fsp3) is 0. The number of halogens is 3. The van der Waals surface area contributed by atoms with E-state index in [0.29, 0.717) is 26.7 Å². The number of fused-ring (bicyclic) bond motifs is 1. The van der Waals surface area contributed by atoms with Gasteiger partial charge in [-0.3, -0.25) is 4.98 Å². The van der Waals surface area contributed by atoms with E-state index in [1.54, 1.807) is 36.5 Å². The van der Waals surface area contributed by atoms with Crippen LogP contribution in [-0.2, 0) is 0 Å². The number of pyridine rings is 1. The second kappa shape index (κ2) is 7.59. The van der Waals surface area contributed by atoms with Crippen molar-refractivity contribution in [2.45, 2.75) is 0 Å². The Hall–Kier alpha value is -2.56. The summed E-state index contributed by atoms with van der Waals surface area (Å²) in [7, 11) is 0. The van der Waals surface area contributed by atoms with Gasteiger partial charge in [-0.15, -0.1) is 0 Å². The first-order valence-corrected chi connectivity index (χ1v) is 9.08. The molecule has 27 heavy (non-hydrogen) atoms. The molecule has 4 aromatic rings. The van der Waals surface area contributed by atoms with Crippen molar-refractivity contribution < 1.29 is 9.04 Å². The molecule has 0 spiro atoms. The first-order chi connectivity index (χ1) is 13.1. The fourth-order valence-corrected chi connectivity index (χ4v) is 3.40. The largest absolute Gasteiger partial charge is 0.550 e. The Bertz CT molecular complexity index is 1080. The van der Waals surface area contributed by atoms with Crippen LogP contribution in [0.25, 0.3) is 10.9 Å². The highest BCUT2D eigenvalue weighted by Gasteiger charge is 2.25. The number of nitrogens with zero attached hydrogens (tertiary/aromatic N) is 1. The van der Waals surface area contributed by atoms with Gasteiger partial charge in [0.05, 0.1) is 0 Å². The molecule has 0 aliphatic carbocycles. The van der Waals surface area contributed by atoms with E-state index in [1.165, 1.54) is 6.07 Å². The third-order valence-electron chi connectivity index (χ3n) is 4.23. The van der Waals surface area contributed by atoms with Gasteiger partial charge in [0, 0.05) is 21.6 Å². The molecule has 1 aromatic heterocycles. The second-order valence-corrected chi connectivity index (χ2v) is 6.93. The predicted octanol–water partition coefficient (Wildman–Crippen LogP) is 4.87. The zero-order valence-corrected chi connectivity index (χ0v) is 15.6. The number of hydrogen-bond acceptors (Lipinski definition) is 2. The van der Waals surface area contributed by atoms with Crippen LogP contribution in [0.5, 0.6) is 5.75 Å². The Kier molecular flexibility index (Phi) is 5.02. The van der Waals surface area contributed by atoms with E-state index in [1.807, 2.05) is 36.4 Å². The summed E-state index contributed by atoms with van der Waals surface area (Å²) in [5, 5.41) is 1.61. The molecule has 0 aliphatic heterocycles. The molecule has 0 bridgehead atoms. The lowest BCUT2D eigenvalue weighted by atomic mass is 9.55. The van der Waals surface area contributed by atoms with Crippen molar-refractivity contribution in [3.8, 4) is 5.75 Å². The van der Waals surface area contributed by atoms with Gasteiger partial charge in [0.1, 0.15) is 17.1 Å². The summed E-state index contributed by atoms with van der Waals surface area (Å²) in [6, 6.07) is 21.2. The summed E-state index contributed by atoms with van der Waals surface area (Å²) in [4.78, 5) is 4.30. The van der Waals surface area contributed by atoms with Gasteiger partial charge in [0.25, 0.3) is 0 Å². The maximum atomic E-state index is 14.1. The molecule has 1 heterocycles. The normalized spacial score (nSPS) is 10.8. The van der Waals surface area contributed by atoms with E-state index in [9.17, 15) is 4.39 Å². The van der Waals surface area contributed by atoms with Crippen molar-refractivity contribution in [3.63, 3.8) is 0 Å². The van der Waals surface area contributed by atoms with E-state index in [0.717, 1.165) is 10.9 Å². The van der Waals surface area contributed by atoms with Gasteiger partial charge in [-0.25, -0.2) is 4.39 Å². The molecule has 2 nitrogen and oxygen atoms in total. The quantitative estimate of drug-likeness (QED) is 0.460. The summed E-state index contributed by atoms with van der Waals surface area (Å²) in [6.45, 7) is -0.474. The first-order valence-electron chi connectivity index (χ1n) is 8.32. The summed E-state index contributed by atoms with van der Waals surface area (Å²) in [6.07, 6.45) is 1.61. The Morgan fingerprint density at radius 3 is 2.11 bits per heavy atom. The molecule has 0 N–H and O–H groups in total. The van der Waals surface area contributed by atoms with Crippen LogP contribution in [0.15, 0.2) is 79.0 Å². The molecule has 0 unspecified atom stereocenters. The number of rotatable bonds is 4. The third-order valence-corrected chi connectivity index (χ3v) is 4.70. The zero-order valence-electron chi connectivity index (χ0n) is 14.1. The van der Waals surface area contributed by atoms with E-state index in [-0.39, 0.29) is 5.82 Å². The minimum atomic E-state index is -0.474. The Morgan fingerprint density at radius 1 is 0.815 bits per heavy atom. The van der Waals surface area contributed by atoms with Crippen molar-refractivity contribution in [2.24, 2.45) is 0 Å². The van der Waals surface area contributed by atoms with E-state index in [4.69, 9.17) is 27.9 Å². The molecule has 4 rings (SSSR count). The molecule has 0 saturated heterocycles. The standard InChI is InChI=1S/C21H13BCl2FNO/c23-16-6-1-4-14(12-16)22(15-5-2-7-17(24)13-15)27-20-10-9-19(25)18-8-3-11-26-21(18)20/h1-13H. The van der Waals surface area contributed by atoms with Crippen LogP contribution < -0.4 is 15.6 Å². The Morgan fingerprint density at radius 2 is 1.48 bits per heavy atom. The summed E-state index contributed by atoms with van der Waals surface area (Å²) in [5.41, 5.74) is 2.18. The lowest BCUT2D eigenvalue weighted by Gasteiger charge is -2.18.